The van der Waals surface area contributed by atoms with Gasteiger partial charge in [0.05, 0.1) is 5.69 Å². The molecule has 4 aromatic rings. The Bertz CT molecular complexity index is 1280. The Kier molecular flexibility index (Phi) is 5.61. The van der Waals surface area contributed by atoms with Crippen molar-refractivity contribution >= 4 is 23.2 Å². The number of aryl methyl sites for hydroxylation is 4. The van der Waals surface area contributed by atoms with Crippen molar-refractivity contribution in [1.82, 2.24) is 14.8 Å². The van der Waals surface area contributed by atoms with Crippen molar-refractivity contribution in [3.63, 3.8) is 0 Å². The summed E-state index contributed by atoms with van der Waals surface area (Å²) in [6.07, 6.45) is 0. The maximum atomic E-state index is 13.0. The molecule has 1 amide bonds. The second kappa shape index (κ2) is 8.36. The van der Waals surface area contributed by atoms with E-state index in [0.29, 0.717) is 10.8 Å². The minimum Gasteiger partial charge on any atom is -0.319 e. The number of rotatable bonds is 4. The Morgan fingerprint density at radius 2 is 1.55 bits per heavy atom. The molecule has 0 aliphatic rings. The smallest absolute Gasteiger partial charge is 0.295 e. The number of anilines is 1. The van der Waals surface area contributed by atoms with E-state index in [-0.39, 0.29) is 11.7 Å². The molecule has 0 radical (unpaired) electrons. The van der Waals surface area contributed by atoms with Gasteiger partial charge in [-0.1, -0.05) is 41.4 Å². The van der Waals surface area contributed by atoms with Crippen LogP contribution in [0.3, 0.4) is 0 Å². The number of amides is 1. The molecular weight excluding hydrogens is 408 g/mol. The van der Waals surface area contributed by atoms with Crippen LogP contribution < -0.4 is 5.32 Å². The van der Waals surface area contributed by atoms with E-state index in [1.54, 1.807) is 16.8 Å². The number of nitrogens with zero attached hydrogens (tertiary/aromatic N) is 3. The van der Waals surface area contributed by atoms with E-state index < -0.39 is 0 Å². The molecule has 0 spiro atoms. The number of nitrogens with one attached hydrogen (secondary N) is 1. The van der Waals surface area contributed by atoms with Gasteiger partial charge >= 0.3 is 0 Å². The number of halogens is 1. The first-order valence-electron chi connectivity index (χ1n) is 10.0. The Labute approximate surface area is 186 Å². The predicted octanol–water partition coefficient (Wildman–Crippen LogP) is 6.07. The van der Waals surface area contributed by atoms with Crippen molar-refractivity contribution in [3.8, 4) is 17.1 Å². The maximum Gasteiger partial charge on any atom is 0.295 e. The molecule has 1 N–H and O–H groups in total. The molecule has 0 saturated carbocycles. The van der Waals surface area contributed by atoms with Crippen molar-refractivity contribution in [3.05, 3.63) is 93.8 Å². The Hall–Kier alpha value is -3.44. The minimum atomic E-state index is -0.355. The van der Waals surface area contributed by atoms with Gasteiger partial charge in [0, 0.05) is 16.3 Å². The van der Waals surface area contributed by atoms with Crippen LogP contribution in [0.15, 0.2) is 60.7 Å². The van der Waals surface area contributed by atoms with Gasteiger partial charge in [0.15, 0.2) is 5.82 Å². The molecule has 0 aliphatic heterocycles. The highest BCUT2D eigenvalue weighted by atomic mass is 35.5. The normalized spacial score (nSPS) is 10.9. The zero-order chi connectivity index (χ0) is 22.1. The number of carbonyl (C=O) groups is 1. The maximum absolute atomic E-state index is 13.0. The topological polar surface area (TPSA) is 59.8 Å². The highest BCUT2D eigenvalue weighted by Crippen LogP contribution is 2.26. The minimum absolute atomic E-state index is 0.103. The van der Waals surface area contributed by atoms with Gasteiger partial charge in [-0.25, -0.2) is 9.67 Å². The number of hydrogen-bond acceptors (Lipinski definition) is 3. The summed E-state index contributed by atoms with van der Waals surface area (Å²) in [7, 11) is 0. The van der Waals surface area contributed by atoms with Crippen molar-refractivity contribution in [2.24, 2.45) is 0 Å². The zero-order valence-electron chi connectivity index (χ0n) is 17.9. The van der Waals surface area contributed by atoms with Crippen LogP contribution in [0, 0.1) is 27.7 Å². The summed E-state index contributed by atoms with van der Waals surface area (Å²) < 4.78 is 1.72. The summed E-state index contributed by atoms with van der Waals surface area (Å²) in [5.74, 6) is 0.327. The average Bonchev–Trinajstić information content (AvgIpc) is 3.18. The van der Waals surface area contributed by atoms with Crippen LogP contribution >= 0.6 is 11.6 Å². The summed E-state index contributed by atoms with van der Waals surface area (Å²) in [5, 5.41) is 8.15. The van der Waals surface area contributed by atoms with Gasteiger partial charge in [0.25, 0.3) is 5.91 Å². The molecule has 0 unspecified atom stereocenters. The summed E-state index contributed by atoms with van der Waals surface area (Å²) >= 11 is 6.07. The van der Waals surface area contributed by atoms with E-state index in [2.05, 4.69) is 15.4 Å². The molecule has 3 aromatic carbocycles. The standard InChI is InChI=1S/C25H23ClN4O/c1-15-6-12-21(18(4)13-15)27-25(31)23-28-24(19-8-10-20(26)11-9-19)30(29-23)22-14-16(2)5-7-17(22)3/h5-14H,1-4H3,(H,27,31). The van der Waals surface area contributed by atoms with Crippen LogP contribution in [0.25, 0.3) is 17.1 Å². The summed E-state index contributed by atoms with van der Waals surface area (Å²) in [4.78, 5) is 17.6. The molecule has 1 aromatic heterocycles. The lowest BCUT2D eigenvalue weighted by atomic mass is 10.1. The Morgan fingerprint density at radius 1 is 0.871 bits per heavy atom. The first-order valence-corrected chi connectivity index (χ1v) is 10.4. The van der Waals surface area contributed by atoms with Crippen LogP contribution in [0.1, 0.15) is 32.9 Å². The second-order valence-corrected chi connectivity index (χ2v) is 8.18. The van der Waals surface area contributed by atoms with Gasteiger partial charge < -0.3 is 5.32 Å². The molecule has 6 heteroatoms. The highest BCUT2D eigenvalue weighted by molar-refractivity contribution is 6.30. The molecule has 31 heavy (non-hydrogen) atoms. The van der Waals surface area contributed by atoms with Crippen molar-refractivity contribution in [1.29, 1.82) is 0 Å². The second-order valence-electron chi connectivity index (χ2n) is 7.74. The molecule has 1 heterocycles. The van der Waals surface area contributed by atoms with Gasteiger partial charge in [-0.05, 0) is 80.8 Å². The molecule has 0 aliphatic carbocycles. The number of benzene rings is 3. The number of carbonyl (C=O) groups excluding carboxylic acids is 1. The number of aromatic nitrogens is 3. The van der Waals surface area contributed by atoms with Gasteiger partial charge in [0.1, 0.15) is 0 Å². The van der Waals surface area contributed by atoms with E-state index in [0.717, 1.165) is 39.2 Å². The third-order valence-corrected chi connectivity index (χ3v) is 5.39. The van der Waals surface area contributed by atoms with Crippen molar-refractivity contribution < 1.29 is 4.79 Å². The molecule has 0 atom stereocenters. The van der Waals surface area contributed by atoms with Gasteiger partial charge in [-0.3, -0.25) is 4.79 Å². The highest BCUT2D eigenvalue weighted by Gasteiger charge is 2.20. The monoisotopic (exact) mass is 430 g/mol. The predicted molar refractivity (Wildman–Crippen MR) is 125 cm³/mol. The van der Waals surface area contributed by atoms with Crippen LogP contribution in [0.2, 0.25) is 5.02 Å². The summed E-state index contributed by atoms with van der Waals surface area (Å²) in [6, 6.07) is 19.3. The zero-order valence-corrected chi connectivity index (χ0v) is 18.7. The van der Waals surface area contributed by atoms with E-state index >= 15 is 0 Å². The quantitative estimate of drug-likeness (QED) is 0.427. The van der Waals surface area contributed by atoms with Gasteiger partial charge in [0.2, 0.25) is 5.82 Å². The third-order valence-electron chi connectivity index (χ3n) is 5.14. The van der Waals surface area contributed by atoms with Crippen LogP contribution in [0.5, 0.6) is 0 Å². The first kappa shape index (κ1) is 20.8. The Balaban J connectivity index is 1.80. The molecule has 0 bridgehead atoms. The fraction of sp³-hybridized carbons (Fsp3) is 0.160. The van der Waals surface area contributed by atoms with E-state index in [4.69, 9.17) is 11.6 Å². The van der Waals surface area contributed by atoms with Crippen molar-refractivity contribution in [2.45, 2.75) is 27.7 Å². The molecular formula is C25H23ClN4O. The fourth-order valence-corrected chi connectivity index (χ4v) is 3.57. The summed E-state index contributed by atoms with van der Waals surface area (Å²) in [5.41, 5.74) is 6.70. The van der Waals surface area contributed by atoms with E-state index in [1.165, 1.54) is 0 Å². The SMILES string of the molecule is Cc1ccc(NC(=O)c2nc(-c3ccc(Cl)cc3)n(-c3cc(C)ccc3C)n2)c(C)c1. The van der Waals surface area contributed by atoms with Gasteiger partial charge in [-0.15, -0.1) is 5.10 Å². The fourth-order valence-electron chi connectivity index (χ4n) is 3.44. The average molecular weight is 431 g/mol. The van der Waals surface area contributed by atoms with E-state index in [9.17, 15) is 4.79 Å². The lowest BCUT2D eigenvalue weighted by Gasteiger charge is -2.10. The Morgan fingerprint density at radius 3 is 2.26 bits per heavy atom. The van der Waals surface area contributed by atoms with E-state index in [1.807, 2.05) is 76.2 Å². The molecule has 5 nitrogen and oxygen atoms in total. The van der Waals surface area contributed by atoms with Crippen LogP contribution in [0.4, 0.5) is 5.69 Å². The van der Waals surface area contributed by atoms with Crippen LogP contribution in [-0.2, 0) is 0 Å². The molecule has 4 rings (SSSR count). The lowest BCUT2D eigenvalue weighted by molar-refractivity contribution is 0.101. The van der Waals surface area contributed by atoms with Crippen molar-refractivity contribution in [2.75, 3.05) is 5.32 Å². The molecule has 156 valence electrons. The molecule has 0 saturated heterocycles. The largest absolute Gasteiger partial charge is 0.319 e. The lowest BCUT2D eigenvalue weighted by Crippen LogP contribution is -2.15. The van der Waals surface area contributed by atoms with Gasteiger partial charge in [-0.2, -0.15) is 0 Å². The first-order chi connectivity index (χ1) is 14.8. The third kappa shape index (κ3) is 4.37. The molecule has 0 fully saturated rings. The summed E-state index contributed by atoms with van der Waals surface area (Å²) in [6.45, 7) is 8.02. The number of hydrogen-bond donors (Lipinski definition) is 1. The van der Waals surface area contributed by atoms with Crippen LogP contribution in [-0.4, -0.2) is 20.7 Å².